The minimum atomic E-state index is -0.609. The molecule has 1 amide bonds. The molecule has 0 unspecified atom stereocenters. The number of fused-ring (bicyclic) bond motifs is 1. The Bertz CT molecular complexity index is 1240. The van der Waals surface area contributed by atoms with Crippen LogP contribution in [0.25, 0.3) is 11.2 Å². The van der Waals surface area contributed by atoms with E-state index < -0.39 is 11.9 Å². The van der Waals surface area contributed by atoms with Gasteiger partial charge in [-0.05, 0) is 57.1 Å². The Kier molecular flexibility index (Phi) is 6.69. The number of rotatable bonds is 6. The van der Waals surface area contributed by atoms with Crippen LogP contribution in [0, 0.1) is 11.7 Å². The van der Waals surface area contributed by atoms with Gasteiger partial charge in [0.2, 0.25) is 17.8 Å². The van der Waals surface area contributed by atoms with Crippen molar-refractivity contribution in [2.45, 2.75) is 63.1 Å². The van der Waals surface area contributed by atoms with Crippen LogP contribution in [0.2, 0.25) is 10.0 Å². The lowest BCUT2D eigenvalue weighted by Gasteiger charge is -2.29. The number of imidazole rings is 1. The van der Waals surface area contributed by atoms with Gasteiger partial charge in [0.15, 0.2) is 5.65 Å². The third-order valence-corrected chi connectivity index (χ3v) is 7.45. The maximum absolute atomic E-state index is 14.7. The number of primary amides is 1. The van der Waals surface area contributed by atoms with Gasteiger partial charge in [-0.15, -0.1) is 0 Å². The van der Waals surface area contributed by atoms with E-state index in [4.69, 9.17) is 33.9 Å². The summed E-state index contributed by atoms with van der Waals surface area (Å²) < 4.78 is 16.6. The number of aromatic nitrogens is 4. The Hall–Kier alpha value is -2.69. The first-order valence-corrected chi connectivity index (χ1v) is 12.5. The van der Waals surface area contributed by atoms with Crippen LogP contribution in [-0.2, 0) is 4.79 Å². The third-order valence-electron chi connectivity index (χ3n) is 6.93. The first-order valence-electron chi connectivity index (χ1n) is 11.7. The highest BCUT2D eigenvalue weighted by Gasteiger charge is 2.30. The van der Waals surface area contributed by atoms with Crippen LogP contribution >= 0.6 is 23.2 Å². The third kappa shape index (κ3) is 4.87. The van der Waals surface area contributed by atoms with Gasteiger partial charge in [0.25, 0.3) is 0 Å². The van der Waals surface area contributed by atoms with Crippen molar-refractivity contribution in [3.8, 4) is 0 Å². The Morgan fingerprint density at radius 2 is 1.91 bits per heavy atom. The molecule has 3 aromatic rings. The van der Waals surface area contributed by atoms with Gasteiger partial charge >= 0.3 is 0 Å². The SMILES string of the molecule is NC(=O)[C@H]1CC[C@H](n2c(Nc3c(F)cc(Cl)cc3Cl)nc3cnc(N[C@H]4CCC[C@@H]4O)nc32)CC1. The molecule has 2 aliphatic rings. The van der Waals surface area contributed by atoms with Crippen LogP contribution in [0.4, 0.5) is 22.0 Å². The van der Waals surface area contributed by atoms with Crippen molar-refractivity contribution in [1.82, 2.24) is 19.5 Å². The Balaban J connectivity index is 1.54. The molecule has 2 aliphatic carbocycles. The minimum absolute atomic E-state index is 0.0490. The van der Waals surface area contributed by atoms with Gasteiger partial charge in [0.1, 0.15) is 11.3 Å². The first-order chi connectivity index (χ1) is 16.8. The summed E-state index contributed by atoms with van der Waals surface area (Å²) in [5, 5.41) is 16.7. The number of hydrogen-bond donors (Lipinski definition) is 4. The number of aliphatic hydroxyl groups excluding tert-OH is 1. The smallest absolute Gasteiger partial charge is 0.225 e. The zero-order chi connectivity index (χ0) is 24.7. The van der Waals surface area contributed by atoms with Gasteiger partial charge in [-0.3, -0.25) is 9.36 Å². The number of carbonyl (C=O) groups is 1. The highest BCUT2D eigenvalue weighted by atomic mass is 35.5. The molecule has 2 fully saturated rings. The molecule has 0 bridgehead atoms. The quantitative estimate of drug-likeness (QED) is 0.373. The average Bonchev–Trinajstić information content (AvgIpc) is 3.38. The Labute approximate surface area is 211 Å². The Morgan fingerprint density at radius 3 is 2.57 bits per heavy atom. The first kappa shape index (κ1) is 24.0. The number of anilines is 3. The fourth-order valence-electron chi connectivity index (χ4n) is 5.06. The monoisotopic (exact) mass is 521 g/mol. The number of aliphatic hydroxyl groups is 1. The normalized spacial score (nSPS) is 24.6. The summed E-state index contributed by atoms with van der Waals surface area (Å²) in [6, 6.07) is 2.46. The van der Waals surface area contributed by atoms with Gasteiger partial charge in [-0.25, -0.2) is 14.4 Å². The number of nitrogens with zero attached hydrogens (tertiary/aromatic N) is 4. The van der Waals surface area contributed by atoms with Crippen molar-refractivity contribution in [3.63, 3.8) is 0 Å². The summed E-state index contributed by atoms with van der Waals surface area (Å²) in [7, 11) is 0. The second-order valence-corrected chi connectivity index (χ2v) is 10.1. The van der Waals surface area contributed by atoms with Crippen LogP contribution in [0.1, 0.15) is 51.0 Å². The van der Waals surface area contributed by atoms with E-state index in [9.17, 15) is 14.3 Å². The van der Waals surface area contributed by atoms with Crippen molar-refractivity contribution in [2.75, 3.05) is 10.6 Å². The van der Waals surface area contributed by atoms with E-state index in [0.717, 1.165) is 19.3 Å². The molecular weight excluding hydrogens is 496 g/mol. The van der Waals surface area contributed by atoms with E-state index in [2.05, 4.69) is 20.6 Å². The molecule has 2 aromatic heterocycles. The van der Waals surface area contributed by atoms with Crippen LogP contribution in [-0.4, -0.2) is 42.7 Å². The van der Waals surface area contributed by atoms with Gasteiger partial charge < -0.3 is 21.5 Å². The molecule has 12 heteroatoms. The summed E-state index contributed by atoms with van der Waals surface area (Å²) in [4.78, 5) is 25.4. The number of halogens is 3. The average molecular weight is 522 g/mol. The highest BCUT2D eigenvalue weighted by molar-refractivity contribution is 6.36. The second kappa shape index (κ2) is 9.75. The lowest BCUT2D eigenvalue weighted by molar-refractivity contribution is -0.122. The van der Waals surface area contributed by atoms with Crippen molar-refractivity contribution in [1.29, 1.82) is 0 Å². The van der Waals surface area contributed by atoms with E-state index in [0.29, 0.717) is 48.7 Å². The molecule has 0 radical (unpaired) electrons. The fraction of sp³-hybridized carbons (Fsp3) is 0.478. The molecular formula is C23H26Cl2FN7O2. The zero-order valence-corrected chi connectivity index (χ0v) is 20.4. The van der Waals surface area contributed by atoms with Crippen LogP contribution in [0.3, 0.4) is 0 Å². The molecule has 0 saturated heterocycles. The van der Waals surface area contributed by atoms with E-state index in [1.54, 1.807) is 6.20 Å². The van der Waals surface area contributed by atoms with E-state index >= 15 is 0 Å². The van der Waals surface area contributed by atoms with Crippen molar-refractivity contribution >= 4 is 57.9 Å². The number of nitrogens with one attached hydrogen (secondary N) is 2. The van der Waals surface area contributed by atoms with Crippen LogP contribution in [0.5, 0.6) is 0 Å². The number of amides is 1. The number of hydrogen-bond acceptors (Lipinski definition) is 7. The van der Waals surface area contributed by atoms with Crippen molar-refractivity contribution < 1.29 is 14.3 Å². The van der Waals surface area contributed by atoms with Gasteiger partial charge in [-0.1, -0.05) is 23.2 Å². The van der Waals surface area contributed by atoms with Gasteiger partial charge in [-0.2, -0.15) is 4.98 Å². The summed E-state index contributed by atoms with van der Waals surface area (Å²) in [5.41, 5.74) is 6.66. The largest absolute Gasteiger partial charge is 0.391 e. The molecule has 0 spiro atoms. The maximum atomic E-state index is 14.7. The standard InChI is InChI=1S/C23H26Cl2FN7O2/c24-12-8-14(25)19(15(26)9-12)31-23-30-17-10-28-22(29-16-2-1-3-18(16)34)32-21(17)33(23)13-6-4-11(5-7-13)20(27)35/h8-11,13,16,18,34H,1-7H2,(H2,27,35)(H,30,31)(H,28,29,32)/t11-,13-,16-,18-/m0/s1. The van der Waals surface area contributed by atoms with Crippen molar-refractivity contribution in [2.24, 2.45) is 11.7 Å². The van der Waals surface area contributed by atoms with Crippen LogP contribution < -0.4 is 16.4 Å². The molecule has 2 atom stereocenters. The topological polar surface area (TPSA) is 131 Å². The van der Waals surface area contributed by atoms with Crippen LogP contribution in [0.15, 0.2) is 18.3 Å². The fourth-order valence-corrected chi connectivity index (χ4v) is 5.58. The predicted molar refractivity (Wildman–Crippen MR) is 132 cm³/mol. The highest BCUT2D eigenvalue weighted by Crippen LogP contribution is 2.38. The van der Waals surface area contributed by atoms with Crippen molar-refractivity contribution in [3.05, 3.63) is 34.2 Å². The van der Waals surface area contributed by atoms with E-state index in [-0.39, 0.29) is 39.6 Å². The predicted octanol–water partition coefficient (Wildman–Crippen LogP) is 4.56. The van der Waals surface area contributed by atoms with E-state index in [1.165, 1.54) is 12.1 Å². The lowest BCUT2D eigenvalue weighted by atomic mass is 9.85. The maximum Gasteiger partial charge on any atom is 0.225 e. The number of carbonyl (C=O) groups excluding carboxylic acids is 1. The summed E-state index contributed by atoms with van der Waals surface area (Å²) >= 11 is 12.2. The van der Waals surface area contributed by atoms with Gasteiger partial charge in [0, 0.05) is 17.0 Å². The molecule has 5 rings (SSSR count). The summed E-state index contributed by atoms with van der Waals surface area (Å²) in [6.45, 7) is 0. The molecule has 2 heterocycles. The van der Waals surface area contributed by atoms with E-state index in [1.807, 2.05) is 4.57 Å². The molecule has 35 heavy (non-hydrogen) atoms. The summed E-state index contributed by atoms with van der Waals surface area (Å²) in [6.07, 6.45) is 6.29. The second-order valence-electron chi connectivity index (χ2n) is 9.23. The summed E-state index contributed by atoms with van der Waals surface area (Å²) in [5.74, 6) is -0.328. The Morgan fingerprint density at radius 1 is 1.14 bits per heavy atom. The zero-order valence-electron chi connectivity index (χ0n) is 18.8. The minimum Gasteiger partial charge on any atom is -0.391 e. The lowest BCUT2D eigenvalue weighted by Crippen LogP contribution is -2.29. The molecule has 0 aliphatic heterocycles. The van der Waals surface area contributed by atoms with Gasteiger partial charge in [0.05, 0.1) is 29.1 Å². The molecule has 1 aromatic carbocycles. The molecule has 5 N–H and O–H groups in total. The number of benzene rings is 1. The number of nitrogens with two attached hydrogens (primary N) is 1. The molecule has 2 saturated carbocycles. The molecule has 186 valence electrons. The molecule has 9 nitrogen and oxygen atoms in total.